The van der Waals surface area contributed by atoms with Crippen molar-refractivity contribution in [2.45, 2.75) is 45.4 Å². The number of carbonyl (C=O) groups is 2. The fraction of sp³-hybridized carbons (Fsp3) is 0.381. The van der Waals surface area contributed by atoms with E-state index in [-0.39, 0.29) is 28.9 Å². The third kappa shape index (κ3) is 4.47. The number of esters is 1. The van der Waals surface area contributed by atoms with Crippen molar-refractivity contribution in [3.63, 3.8) is 0 Å². The van der Waals surface area contributed by atoms with Crippen LogP contribution >= 0.6 is 0 Å². The Kier molecular flexibility index (Phi) is 5.68. The molecular weight excluding hydrogens is 418 g/mol. The molecule has 1 aromatic carbocycles. The van der Waals surface area contributed by atoms with Crippen LogP contribution in [-0.2, 0) is 21.1 Å². The summed E-state index contributed by atoms with van der Waals surface area (Å²) in [5.41, 5.74) is -2.96. The first-order valence-corrected chi connectivity index (χ1v) is 9.47. The normalized spacial score (nSPS) is 15.9. The lowest BCUT2D eigenvalue weighted by atomic mass is 9.81. The molecule has 2 heterocycles. The fourth-order valence-electron chi connectivity index (χ4n) is 3.48. The molecule has 3 rings (SSSR count). The Morgan fingerprint density at radius 2 is 1.81 bits per heavy atom. The van der Waals surface area contributed by atoms with Crippen LogP contribution < -0.4 is 0 Å². The van der Waals surface area contributed by atoms with Gasteiger partial charge in [0.05, 0.1) is 6.10 Å². The maximum absolute atomic E-state index is 13.7. The number of fused-ring (bicyclic) bond motifs is 1. The van der Waals surface area contributed by atoms with Gasteiger partial charge in [-0.05, 0) is 38.1 Å². The molecule has 0 spiro atoms. The lowest BCUT2D eigenvalue weighted by Gasteiger charge is -2.30. The molecule has 1 aromatic heterocycles. The molecule has 166 valence electrons. The van der Waals surface area contributed by atoms with E-state index in [1.165, 1.54) is 26.0 Å². The molecule has 2 aromatic rings. The number of benzene rings is 1. The smallest absolute Gasteiger partial charge is 0.433 e. The molecule has 6 nitrogen and oxygen atoms in total. The number of hydrogen-bond donors (Lipinski definition) is 1. The highest BCUT2D eigenvalue weighted by molar-refractivity contribution is 6.17. The lowest BCUT2D eigenvalue weighted by Crippen LogP contribution is -2.37. The minimum absolute atomic E-state index is 0.113. The number of H-pyrrole nitrogens is 1. The van der Waals surface area contributed by atoms with E-state index in [0.29, 0.717) is 0 Å². The molecule has 1 amide bonds. The molecule has 31 heavy (non-hydrogen) atoms. The number of amides is 1. The summed E-state index contributed by atoms with van der Waals surface area (Å²) < 4.78 is 59.4. The number of aromatic nitrogens is 2. The average molecular weight is 439 g/mol. The summed E-state index contributed by atoms with van der Waals surface area (Å²) in [5, 5.41) is 5.76. The molecule has 0 unspecified atom stereocenters. The molecule has 0 aliphatic carbocycles. The van der Waals surface area contributed by atoms with E-state index in [9.17, 15) is 27.2 Å². The molecule has 0 saturated carbocycles. The van der Waals surface area contributed by atoms with Crippen molar-refractivity contribution in [1.29, 1.82) is 0 Å². The Bertz CT molecular complexity index is 1040. The van der Waals surface area contributed by atoms with E-state index in [1.807, 2.05) is 5.10 Å². The van der Waals surface area contributed by atoms with Crippen molar-refractivity contribution in [3.05, 3.63) is 58.8 Å². The van der Waals surface area contributed by atoms with Crippen LogP contribution in [0.4, 0.5) is 17.6 Å². The molecule has 0 saturated heterocycles. The summed E-state index contributed by atoms with van der Waals surface area (Å²) in [7, 11) is 0. The number of carbonyl (C=O) groups excluding carboxylic acids is 2. The fourth-order valence-corrected chi connectivity index (χ4v) is 3.48. The molecule has 0 bridgehead atoms. The molecule has 10 heteroatoms. The number of aromatic amines is 1. The molecule has 1 aliphatic heterocycles. The van der Waals surface area contributed by atoms with Crippen LogP contribution in [0.5, 0.6) is 0 Å². The highest BCUT2D eigenvalue weighted by Crippen LogP contribution is 2.42. The van der Waals surface area contributed by atoms with Crippen LogP contribution in [0.3, 0.4) is 0 Å². The highest BCUT2D eigenvalue weighted by atomic mass is 19.4. The number of alkyl halides is 3. The monoisotopic (exact) mass is 439 g/mol. The van der Waals surface area contributed by atoms with Crippen LogP contribution in [0.2, 0.25) is 0 Å². The average Bonchev–Trinajstić information content (AvgIpc) is 3.06. The second-order valence-corrected chi connectivity index (χ2v) is 8.14. The Labute approximate surface area is 175 Å². The van der Waals surface area contributed by atoms with Crippen molar-refractivity contribution in [1.82, 2.24) is 15.1 Å². The second kappa shape index (κ2) is 7.82. The van der Waals surface area contributed by atoms with E-state index in [1.54, 1.807) is 13.8 Å². The van der Waals surface area contributed by atoms with Crippen LogP contribution in [0.1, 0.15) is 55.0 Å². The van der Waals surface area contributed by atoms with E-state index in [4.69, 9.17) is 4.74 Å². The SMILES string of the molecule is CC(C)OC(=O)C1=CN(C(=O)c2ccc(F)cc2)CC(C)(C)c2c1n[nH]c2C(F)(F)F. The van der Waals surface area contributed by atoms with E-state index >= 15 is 0 Å². The number of ether oxygens (including phenoxy) is 1. The zero-order valence-electron chi connectivity index (χ0n) is 17.3. The number of rotatable bonds is 3. The maximum Gasteiger partial charge on any atom is 0.433 e. The molecule has 0 radical (unpaired) electrons. The summed E-state index contributed by atoms with van der Waals surface area (Å²) in [5.74, 6) is -2.06. The Morgan fingerprint density at radius 1 is 1.19 bits per heavy atom. The largest absolute Gasteiger partial charge is 0.459 e. The van der Waals surface area contributed by atoms with Gasteiger partial charge in [-0.3, -0.25) is 9.89 Å². The standard InChI is InChI=1S/C21H21F4N3O3/c1-11(2)31-19(30)14-9-28(18(29)12-5-7-13(22)8-6-12)10-20(3,4)15-16(14)26-27-17(15)21(23,24)25/h5-9,11H,10H2,1-4H3,(H,26,27). The zero-order valence-corrected chi connectivity index (χ0v) is 17.3. The molecule has 1 aliphatic rings. The van der Waals surface area contributed by atoms with Gasteiger partial charge in [0.2, 0.25) is 0 Å². The molecule has 0 atom stereocenters. The number of nitrogens with one attached hydrogen (secondary N) is 1. The molecule has 1 N–H and O–H groups in total. The summed E-state index contributed by atoms with van der Waals surface area (Å²) >= 11 is 0. The van der Waals surface area contributed by atoms with Gasteiger partial charge in [-0.2, -0.15) is 18.3 Å². The van der Waals surface area contributed by atoms with Crippen LogP contribution in [0.25, 0.3) is 5.57 Å². The predicted molar refractivity (Wildman–Crippen MR) is 103 cm³/mol. The van der Waals surface area contributed by atoms with Crippen molar-refractivity contribution in [2.24, 2.45) is 0 Å². The minimum atomic E-state index is -4.75. The Balaban J connectivity index is 2.17. The Morgan fingerprint density at radius 3 is 2.35 bits per heavy atom. The lowest BCUT2D eigenvalue weighted by molar-refractivity contribution is -0.142. The van der Waals surface area contributed by atoms with Gasteiger partial charge in [-0.15, -0.1) is 0 Å². The van der Waals surface area contributed by atoms with Crippen molar-refractivity contribution in [3.8, 4) is 0 Å². The van der Waals surface area contributed by atoms with Gasteiger partial charge in [0.1, 0.15) is 22.8 Å². The van der Waals surface area contributed by atoms with Crippen LogP contribution in [-0.4, -0.2) is 39.6 Å². The van der Waals surface area contributed by atoms with Gasteiger partial charge >= 0.3 is 12.1 Å². The van der Waals surface area contributed by atoms with Crippen molar-refractivity contribution in [2.75, 3.05) is 6.54 Å². The van der Waals surface area contributed by atoms with E-state index < -0.39 is 41.1 Å². The second-order valence-electron chi connectivity index (χ2n) is 8.14. The summed E-state index contributed by atoms with van der Waals surface area (Å²) in [6, 6.07) is 4.72. The highest BCUT2D eigenvalue weighted by Gasteiger charge is 2.46. The van der Waals surface area contributed by atoms with Gasteiger partial charge < -0.3 is 9.64 Å². The first kappa shape index (κ1) is 22.5. The van der Waals surface area contributed by atoms with Crippen LogP contribution in [0, 0.1) is 5.82 Å². The van der Waals surface area contributed by atoms with Gasteiger partial charge in [-0.25, -0.2) is 9.18 Å². The number of halogens is 4. The van der Waals surface area contributed by atoms with Gasteiger partial charge in [0.15, 0.2) is 0 Å². The first-order valence-electron chi connectivity index (χ1n) is 9.47. The van der Waals surface area contributed by atoms with Crippen molar-refractivity contribution >= 4 is 17.4 Å². The van der Waals surface area contributed by atoms with Gasteiger partial charge in [0, 0.05) is 29.3 Å². The number of hydrogen-bond acceptors (Lipinski definition) is 4. The topological polar surface area (TPSA) is 75.3 Å². The third-order valence-corrected chi connectivity index (χ3v) is 4.75. The maximum atomic E-state index is 13.7. The third-order valence-electron chi connectivity index (χ3n) is 4.75. The van der Waals surface area contributed by atoms with E-state index in [2.05, 4.69) is 5.10 Å². The Hall–Kier alpha value is -3.17. The minimum Gasteiger partial charge on any atom is -0.459 e. The zero-order chi connectivity index (χ0) is 23.1. The summed E-state index contributed by atoms with van der Waals surface area (Å²) in [4.78, 5) is 26.9. The molecule has 0 fully saturated rings. The van der Waals surface area contributed by atoms with E-state index in [0.717, 1.165) is 23.2 Å². The first-order chi connectivity index (χ1) is 14.3. The number of nitrogens with zero attached hydrogens (tertiary/aromatic N) is 2. The van der Waals surface area contributed by atoms with Crippen LogP contribution in [0.15, 0.2) is 30.5 Å². The summed E-state index contributed by atoms with van der Waals surface area (Å²) in [6.07, 6.45) is -4.15. The quantitative estimate of drug-likeness (QED) is 0.572. The van der Waals surface area contributed by atoms with Crippen molar-refractivity contribution < 1.29 is 31.9 Å². The predicted octanol–water partition coefficient (Wildman–Crippen LogP) is 4.29. The van der Waals surface area contributed by atoms with Gasteiger partial charge in [0.25, 0.3) is 5.91 Å². The summed E-state index contributed by atoms with van der Waals surface area (Å²) in [6.45, 7) is 6.04. The molecular formula is C21H21F4N3O3. The van der Waals surface area contributed by atoms with Gasteiger partial charge in [-0.1, -0.05) is 13.8 Å².